The third-order valence-electron chi connectivity index (χ3n) is 4.88. The molecule has 0 aromatic carbocycles. The van der Waals surface area contributed by atoms with Crippen LogP contribution < -0.4 is 10.6 Å². The number of imide groups is 1. The summed E-state index contributed by atoms with van der Waals surface area (Å²) in [5, 5.41) is 5.45. The van der Waals surface area contributed by atoms with Crippen molar-refractivity contribution in [1.82, 2.24) is 20.2 Å². The number of hydrogen-bond acceptors (Lipinski definition) is 6. The first-order valence-electron chi connectivity index (χ1n) is 8.69. The maximum absolute atomic E-state index is 11.8. The third kappa shape index (κ3) is 3.90. The summed E-state index contributed by atoms with van der Waals surface area (Å²) >= 11 is 0. The molecular formula is C17H25N5O2. The predicted molar refractivity (Wildman–Crippen MR) is 90.5 cm³/mol. The number of amides is 2. The minimum Gasteiger partial charge on any atom is -0.371 e. The van der Waals surface area contributed by atoms with Crippen LogP contribution in [0.4, 0.5) is 5.69 Å². The summed E-state index contributed by atoms with van der Waals surface area (Å²) < 4.78 is 0. The summed E-state index contributed by atoms with van der Waals surface area (Å²) in [7, 11) is 0. The van der Waals surface area contributed by atoms with Gasteiger partial charge in [0, 0.05) is 18.4 Å². The highest BCUT2D eigenvalue weighted by molar-refractivity contribution is 6.01. The lowest BCUT2D eigenvalue weighted by atomic mass is 9.95. The molecule has 1 aromatic heterocycles. The predicted octanol–water partition coefficient (Wildman–Crippen LogP) is 1.28. The van der Waals surface area contributed by atoms with Crippen molar-refractivity contribution in [3.05, 3.63) is 18.2 Å². The third-order valence-corrected chi connectivity index (χ3v) is 4.88. The molecule has 1 aromatic rings. The second-order valence-corrected chi connectivity index (χ2v) is 6.88. The minimum absolute atomic E-state index is 0.211. The van der Waals surface area contributed by atoms with Gasteiger partial charge < -0.3 is 10.2 Å². The fourth-order valence-corrected chi connectivity index (χ4v) is 3.33. The van der Waals surface area contributed by atoms with Gasteiger partial charge in [-0.25, -0.2) is 9.97 Å². The van der Waals surface area contributed by atoms with Gasteiger partial charge in [-0.15, -0.1) is 0 Å². The van der Waals surface area contributed by atoms with Crippen molar-refractivity contribution in [2.24, 2.45) is 0 Å². The number of anilines is 1. The van der Waals surface area contributed by atoms with Crippen molar-refractivity contribution in [1.29, 1.82) is 0 Å². The normalized spacial score (nSPS) is 23.4. The Morgan fingerprint density at radius 1 is 1.17 bits per heavy atom. The van der Waals surface area contributed by atoms with E-state index >= 15 is 0 Å². The zero-order valence-electron chi connectivity index (χ0n) is 14.3. The Kier molecular flexibility index (Phi) is 5.08. The Bertz CT molecular complexity index is 594. The molecule has 0 saturated carbocycles. The minimum atomic E-state index is -0.397. The van der Waals surface area contributed by atoms with E-state index in [1.54, 1.807) is 12.4 Å². The Balaban J connectivity index is 1.56. The lowest BCUT2D eigenvalue weighted by Gasteiger charge is -2.33. The first-order valence-corrected chi connectivity index (χ1v) is 8.69. The van der Waals surface area contributed by atoms with Crippen molar-refractivity contribution >= 4 is 17.5 Å². The summed E-state index contributed by atoms with van der Waals surface area (Å²) in [4.78, 5) is 34.4. The highest BCUT2D eigenvalue weighted by Crippen LogP contribution is 2.26. The van der Waals surface area contributed by atoms with Crippen molar-refractivity contribution in [3.8, 4) is 0 Å². The topological polar surface area (TPSA) is 87.2 Å². The van der Waals surface area contributed by atoms with Gasteiger partial charge in [-0.05, 0) is 46.2 Å². The number of likely N-dealkylation sites (tertiary alicyclic amines) is 1. The van der Waals surface area contributed by atoms with E-state index in [0.717, 1.165) is 31.8 Å². The zero-order valence-corrected chi connectivity index (χ0v) is 14.3. The average Bonchev–Trinajstić information content (AvgIpc) is 2.58. The van der Waals surface area contributed by atoms with E-state index in [1.165, 1.54) is 0 Å². The van der Waals surface area contributed by atoms with Crippen molar-refractivity contribution in [2.75, 3.05) is 18.4 Å². The van der Waals surface area contributed by atoms with E-state index in [2.05, 4.69) is 39.3 Å². The van der Waals surface area contributed by atoms with Crippen LogP contribution in [0.15, 0.2) is 12.4 Å². The fourth-order valence-electron chi connectivity index (χ4n) is 3.33. The monoisotopic (exact) mass is 331 g/mol. The van der Waals surface area contributed by atoms with E-state index < -0.39 is 6.04 Å². The van der Waals surface area contributed by atoms with Crippen LogP contribution in [0.25, 0.3) is 0 Å². The molecule has 2 fully saturated rings. The maximum atomic E-state index is 11.8. The lowest BCUT2D eigenvalue weighted by Crippen LogP contribution is -2.47. The average molecular weight is 331 g/mol. The van der Waals surface area contributed by atoms with Gasteiger partial charge in [0.05, 0.1) is 18.1 Å². The molecule has 130 valence electrons. The van der Waals surface area contributed by atoms with E-state index in [9.17, 15) is 9.59 Å². The molecule has 2 saturated heterocycles. The molecule has 24 heavy (non-hydrogen) atoms. The molecule has 3 rings (SSSR count). The Morgan fingerprint density at radius 3 is 2.42 bits per heavy atom. The number of hydrogen-bond donors (Lipinski definition) is 2. The second-order valence-electron chi connectivity index (χ2n) is 6.88. The molecule has 1 atom stereocenters. The first kappa shape index (κ1) is 16.8. The van der Waals surface area contributed by atoms with Gasteiger partial charge in [-0.1, -0.05) is 0 Å². The van der Waals surface area contributed by atoms with Crippen LogP contribution in [0.3, 0.4) is 0 Å². The first-order chi connectivity index (χ1) is 11.5. The molecule has 1 unspecified atom stereocenters. The molecule has 0 bridgehead atoms. The maximum Gasteiger partial charge on any atom is 0.249 e. The Hall–Kier alpha value is -2.02. The van der Waals surface area contributed by atoms with Crippen molar-refractivity contribution < 1.29 is 9.59 Å². The summed E-state index contributed by atoms with van der Waals surface area (Å²) in [6.07, 6.45) is 6.49. The number of carbonyl (C=O) groups is 2. The van der Waals surface area contributed by atoms with Crippen LogP contribution in [0.2, 0.25) is 0 Å². The smallest absolute Gasteiger partial charge is 0.249 e. The van der Waals surface area contributed by atoms with E-state index in [4.69, 9.17) is 0 Å². The number of piperidine rings is 2. The van der Waals surface area contributed by atoms with Gasteiger partial charge in [0.2, 0.25) is 11.8 Å². The van der Waals surface area contributed by atoms with E-state index in [1.807, 2.05) is 0 Å². The molecular weight excluding hydrogens is 306 g/mol. The van der Waals surface area contributed by atoms with Gasteiger partial charge in [0.1, 0.15) is 11.9 Å². The Morgan fingerprint density at radius 2 is 1.83 bits per heavy atom. The summed E-state index contributed by atoms with van der Waals surface area (Å²) in [6, 6.07) is 0.193. The fraction of sp³-hybridized carbons (Fsp3) is 0.647. The molecule has 2 aliphatic heterocycles. The molecule has 0 aliphatic carbocycles. The number of carbonyl (C=O) groups excluding carboxylic acids is 2. The lowest BCUT2D eigenvalue weighted by molar-refractivity contribution is -0.133. The second kappa shape index (κ2) is 7.25. The van der Waals surface area contributed by atoms with Gasteiger partial charge >= 0.3 is 0 Å². The van der Waals surface area contributed by atoms with Crippen LogP contribution in [-0.4, -0.2) is 51.9 Å². The number of aromatic nitrogens is 2. The van der Waals surface area contributed by atoms with E-state index in [-0.39, 0.29) is 11.8 Å². The van der Waals surface area contributed by atoms with Crippen LogP contribution in [-0.2, 0) is 9.59 Å². The van der Waals surface area contributed by atoms with Crippen molar-refractivity contribution in [2.45, 2.75) is 57.5 Å². The molecule has 0 spiro atoms. The highest BCUT2D eigenvalue weighted by atomic mass is 16.2. The van der Waals surface area contributed by atoms with E-state index in [0.29, 0.717) is 30.5 Å². The van der Waals surface area contributed by atoms with Gasteiger partial charge in [-0.3, -0.25) is 14.9 Å². The number of nitrogens with one attached hydrogen (secondary N) is 2. The number of rotatable bonds is 4. The molecule has 0 radical (unpaired) electrons. The number of nitrogens with zero attached hydrogens (tertiary/aromatic N) is 3. The standard InChI is InChI=1S/C17H25N5O2/c1-11(2)22-7-5-12(6-8-22)16-18-9-13(10-19-16)20-14-3-4-15(23)21-17(14)24/h9-12,14,20H,3-8H2,1-2H3,(H,21,23,24). The van der Waals surface area contributed by atoms with Crippen LogP contribution in [0.1, 0.15) is 51.3 Å². The SMILES string of the molecule is CC(C)N1CCC(c2ncc(NC3CCC(=O)NC3=O)cn2)CC1. The van der Waals surface area contributed by atoms with Crippen LogP contribution in [0, 0.1) is 0 Å². The molecule has 7 heteroatoms. The molecule has 7 nitrogen and oxygen atoms in total. The van der Waals surface area contributed by atoms with Crippen LogP contribution in [0.5, 0.6) is 0 Å². The summed E-state index contributed by atoms with van der Waals surface area (Å²) in [6.45, 7) is 6.63. The van der Waals surface area contributed by atoms with Crippen molar-refractivity contribution in [3.63, 3.8) is 0 Å². The Labute approximate surface area is 142 Å². The summed E-state index contributed by atoms with van der Waals surface area (Å²) in [5.41, 5.74) is 0.716. The van der Waals surface area contributed by atoms with Crippen LogP contribution >= 0.6 is 0 Å². The largest absolute Gasteiger partial charge is 0.371 e. The quantitative estimate of drug-likeness (QED) is 0.808. The molecule has 2 aliphatic rings. The van der Waals surface area contributed by atoms with Gasteiger partial charge in [0.15, 0.2) is 0 Å². The zero-order chi connectivity index (χ0) is 17.1. The molecule has 2 N–H and O–H groups in total. The highest BCUT2D eigenvalue weighted by Gasteiger charge is 2.27. The molecule has 3 heterocycles. The summed E-state index contributed by atoms with van der Waals surface area (Å²) in [5.74, 6) is 0.797. The van der Waals surface area contributed by atoms with Gasteiger partial charge in [0.25, 0.3) is 0 Å². The molecule has 2 amide bonds. The van der Waals surface area contributed by atoms with Gasteiger partial charge in [-0.2, -0.15) is 0 Å².